The molecule has 8 heteroatoms. The van der Waals surface area contributed by atoms with Crippen molar-refractivity contribution < 1.29 is 9.53 Å². The molecule has 1 aliphatic rings. The quantitative estimate of drug-likeness (QED) is 0.257. The van der Waals surface area contributed by atoms with Gasteiger partial charge in [-0.3, -0.25) is 9.79 Å². The van der Waals surface area contributed by atoms with Crippen LogP contribution < -0.4 is 20.7 Å². The van der Waals surface area contributed by atoms with Crippen LogP contribution in [0.2, 0.25) is 0 Å². The molecule has 1 saturated carbocycles. The van der Waals surface area contributed by atoms with Crippen LogP contribution in [0.1, 0.15) is 35.1 Å². The average Bonchev–Trinajstić information content (AvgIpc) is 3.43. The number of halogens is 1. The molecule has 1 aromatic carbocycles. The number of thiophene rings is 1. The predicted octanol–water partition coefficient (Wildman–Crippen LogP) is 3.63. The van der Waals surface area contributed by atoms with E-state index in [0.717, 1.165) is 30.8 Å². The minimum atomic E-state index is -0.0597. The zero-order valence-electron chi connectivity index (χ0n) is 17.7. The van der Waals surface area contributed by atoms with Crippen molar-refractivity contribution in [1.82, 2.24) is 16.0 Å². The highest BCUT2D eigenvalue weighted by Gasteiger charge is 2.23. The molecule has 1 fully saturated rings. The van der Waals surface area contributed by atoms with Crippen LogP contribution in [-0.4, -0.2) is 37.6 Å². The van der Waals surface area contributed by atoms with Gasteiger partial charge >= 0.3 is 0 Å². The number of aryl methyl sites for hydroxylation is 1. The molecule has 1 unspecified atom stereocenters. The minimum absolute atomic E-state index is 0. The maximum atomic E-state index is 11.8. The molecule has 0 spiro atoms. The van der Waals surface area contributed by atoms with E-state index in [1.807, 2.05) is 35.6 Å². The number of hydrogen-bond donors (Lipinski definition) is 3. The van der Waals surface area contributed by atoms with E-state index in [-0.39, 0.29) is 42.5 Å². The molecule has 1 aliphatic carbocycles. The van der Waals surface area contributed by atoms with Gasteiger partial charge in [-0.2, -0.15) is 0 Å². The van der Waals surface area contributed by atoms with Crippen molar-refractivity contribution >= 4 is 47.2 Å². The number of amides is 1. The Hall–Kier alpha value is -1.81. The number of nitrogens with one attached hydrogen (secondary N) is 3. The van der Waals surface area contributed by atoms with Gasteiger partial charge in [-0.25, -0.2) is 0 Å². The van der Waals surface area contributed by atoms with Crippen LogP contribution in [0.25, 0.3) is 0 Å². The van der Waals surface area contributed by atoms with Crippen LogP contribution in [0, 0.1) is 6.92 Å². The van der Waals surface area contributed by atoms with E-state index >= 15 is 0 Å². The molecule has 0 saturated heterocycles. The van der Waals surface area contributed by atoms with Gasteiger partial charge in [-0.05, 0) is 56.5 Å². The molecule has 1 aromatic heterocycles. The lowest BCUT2D eigenvalue weighted by Gasteiger charge is -2.17. The molecule has 30 heavy (non-hydrogen) atoms. The molecule has 1 atom stereocenters. The van der Waals surface area contributed by atoms with E-state index in [0.29, 0.717) is 18.3 Å². The second kappa shape index (κ2) is 12.1. The molecule has 0 aliphatic heterocycles. The molecular weight excluding hydrogens is 511 g/mol. The smallest absolute Gasteiger partial charge is 0.258 e. The Morgan fingerprint density at radius 1 is 1.30 bits per heavy atom. The number of benzene rings is 1. The largest absolute Gasteiger partial charge is 0.484 e. The van der Waals surface area contributed by atoms with Crippen molar-refractivity contribution in [1.29, 1.82) is 0 Å². The fourth-order valence-corrected chi connectivity index (χ4v) is 3.97. The lowest BCUT2D eigenvalue weighted by molar-refractivity contribution is -0.123. The summed E-state index contributed by atoms with van der Waals surface area (Å²) in [6.45, 7) is 4.96. The summed E-state index contributed by atoms with van der Waals surface area (Å²) in [6.07, 6.45) is 3.12. The number of carbonyl (C=O) groups excluding carboxylic acids is 1. The fourth-order valence-electron chi connectivity index (χ4n) is 2.95. The van der Waals surface area contributed by atoms with Gasteiger partial charge in [0.05, 0.1) is 0 Å². The standard InChI is InChI=1S/C22H30N4O2S.HI/c1-15(11-20-10-7-16(2)29-20)25-22(23-3)24-13-17-5-4-6-19(12-17)28-14-21(27)26-18-8-9-18;/h4-7,10,12,15,18H,8-9,11,13-14H2,1-3H3,(H,26,27)(H2,23,24,25);1H. The highest BCUT2D eigenvalue weighted by Crippen LogP contribution is 2.19. The van der Waals surface area contributed by atoms with Crippen LogP contribution in [0.15, 0.2) is 41.4 Å². The fraction of sp³-hybridized carbons (Fsp3) is 0.455. The number of nitrogens with zero attached hydrogens (tertiary/aromatic N) is 1. The Labute approximate surface area is 199 Å². The first-order valence-corrected chi connectivity index (χ1v) is 10.9. The van der Waals surface area contributed by atoms with Crippen molar-refractivity contribution in [3.8, 4) is 5.75 Å². The SMILES string of the molecule is CN=C(NCc1cccc(OCC(=O)NC2CC2)c1)NC(C)Cc1ccc(C)s1.I. The molecule has 3 N–H and O–H groups in total. The summed E-state index contributed by atoms with van der Waals surface area (Å²) in [5.41, 5.74) is 1.06. The molecule has 6 nitrogen and oxygen atoms in total. The Bertz CT molecular complexity index is 851. The molecule has 164 valence electrons. The third kappa shape index (κ3) is 8.51. The first-order chi connectivity index (χ1) is 14.0. The molecule has 0 bridgehead atoms. The molecule has 1 amide bonds. The number of carbonyl (C=O) groups is 1. The third-order valence-electron chi connectivity index (χ3n) is 4.58. The van der Waals surface area contributed by atoms with E-state index in [9.17, 15) is 4.79 Å². The van der Waals surface area contributed by atoms with E-state index in [2.05, 4.69) is 46.9 Å². The lowest BCUT2D eigenvalue weighted by atomic mass is 10.2. The Kier molecular flexibility index (Phi) is 9.90. The summed E-state index contributed by atoms with van der Waals surface area (Å²) in [5, 5.41) is 9.70. The maximum absolute atomic E-state index is 11.8. The Balaban J connectivity index is 0.00000320. The lowest BCUT2D eigenvalue weighted by Crippen LogP contribution is -2.42. The van der Waals surface area contributed by atoms with E-state index in [1.165, 1.54) is 9.75 Å². The van der Waals surface area contributed by atoms with Gasteiger partial charge in [0.1, 0.15) is 5.75 Å². The maximum Gasteiger partial charge on any atom is 0.258 e. The summed E-state index contributed by atoms with van der Waals surface area (Å²) in [7, 11) is 1.77. The van der Waals surface area contributed by atoms with Crippen molar-refractivity contribution in [2.45, 2.75) is 51.7 Å². The monoisotopic (exact) mass is 542 g/mol. The first-order valence-electron chi connectivity index (χ1n) is 10.1. The van der Waals surface area contributed by atoms with Crippen molar-refractivity contribution in [3.05, 3.63) is 51.7 Å². The van der Waals surface area contributed by atoms with E-state index in [1.54, 1.807) is 7.05 Å². The van der Waals surface area contributed by atoms with Crippen LogP contribution in [-0.2, 0) is 17.8 Å². The summed E-state index contributed by atoms with van der Waals surface area (Å²) in [5.74, 6) is 1.40. The van der Waals surface area contributed by atoms with Gasteiger partial charge in [0, 0.05) is 41.9 Å². The van der Waals surface area contributed by atoms with Crippen molar-refractivity contribution in [2.24, 2.45) is 4.99 Å². The molecule has 0 radical (unpaired) electrons. The van der Waals surface area contributed by atoms with Crippen molar-refractivity contribution in [2.75, 3.05) is 13.7 Å². The van der Waals surface area contributed by atoms with Crippen LogP contribution in [0.3, 0.4) is 0 Å². The van der Waals surface area contributed by atoms with Gasteiger partial charge in [-0.1, -0.05) is 12.1 Å². The van der Waals surface area contributed by atoms with Crippen molar-refractivity contribution in [3.63, 3.8) is 0 Å². The zero-order valence-corrected chi connectivity index (χ0v) is 20.9. The molecule has 3 rings (SSSR count). The summed E-state index contributed by atoms with van der Waals surface area (Å²) >= 11 is 1.83. The van der Waals surface area contributed by atoms with Crippen LogP contribution in [0.4, 0.5) is 0 Å². The summed E-state index contributed by atoms with van der Waals surface area (Å²) < 4.78 is 5.62. The van der Waals surface area contributed by atoms with Gasteiger partial charge in [0.25, 0.3) is 5.91 Å². The highest BCUT2D eigenvalue weighted by atomic mass is 127. The van der Waals surface area contributed by atoms with E-state index < -0.39 is 0 Å². The Morgan fingerprint density at radius 2 is 2.10 bits per heavy atom. The number of guanidine groups is 1. The van der Waals surface area contributed by atoms with E-state index in [4.69, 9.17) is 4.74 Å². The second-order valence-corrected chi connectivity index (χ2v) is 8.84. The molecule has 1 heterocycles. The second-order valence-electron chi connectivity index (χ2n) is 7.47. The normalized spacial score (nSPS) is 14.4. The molecule has 2 aromatic rings. The third-order valence-corrected chi connectivity index (χ3v) is 5.60. The Morgan fingerprint density at radius 3 is 2.77 bits per heavy atom. The summed E-state index contributed by atoms with van der Waals surface area (Å²) in [6, 6.07) is 12.7. The van der Waals surface area contributed by atoms with Crippen LogP contribution >= 0.6 is 35.3 Å². The van der Waals surface area contributed by atoms with Crippen LogP contribution in [0.5, 0.6) is 5.75 Å². The van der Waals surface area contributed by atoms with Gasteiger partial charge in [0.2, 0.25) is 0 Å². The topological polar surface area (TPSA) is 74.8 Å². The zero-order chi connectivity index (χ0) is 20.6. The van der Waals surface area contributed by atoms with Gasteiger partial charge in [0.15, 0.2) is 12.6 Å². The molecular formula is C22H31IN4O2S. The van der Waals surface area contributed by atoms with Gasteiger partial charge in [-0.15, -0.1) is 35.3 Å². The minimum Gasteiger partial charge on any atom is -0.484 e. The average molecular weight is 542 g/mol. The number of rotatable bonds is 9. The number of hydrogen-bond acceptors (Lipinski definition) is 4. The highest BCUT2D eigenvalue weighted by molar-refractivity contribution is 14.0. The number of ether oxygens (including phenoxy) is 1. The first kappa shape index (κ1) is 24.5. The van der Waals surface area contributed by atoms with Gasteiger partial charge < -0.3 is 20.7 Å². The predicted molar refractivity (Wildman–Crippen MR) is 134 cm³/mol. The number of aliphatic imine (C=N–C) groups is 1. The summed E-state index contributed by atoms with van der Waals surface area (Å²) in [4.78, 5) is 18.8.